The maximum absolute atomic E-state index is 8.12. The van der Waals surface area contributed by atoms with Crippen LogP contribution in [0.3, 0.4) is 0 Å². The quantitative estimate of drug-likeness (QED) is 0.527. The van der Waals surface area contributed by atoms with Crippen LogP contribution < -0.4 is 0 Å². The molecule has 3 nitrogen and oxygen atoms in total. The molecule has 0 amide bonds. The smallest absolute Gasteiger partial charge is 0.368 e. The predicted octanol–water partition coefficient (Wildman–Crippen LogP) is 0.431. The van der Waals surface area contributed by atoms with Crippen molar-refractivity contribution >= 4 is 6.15 Å². The van der Waals surface area contributed by atoms with Gasteiger partial charge in [0.15, 0.2) is 0 Å². The Balaban J connectivity index is 0.000000145. The molecule has 0 spiro atoms. The van der Waals surface area contributed by atoms with Crippen molar-refractivity contribution in [3.8, 4) is 0 Å². The molecule has 0 bridgehead atoms. The number of nitrogens with one attached hydrogen (secondary N) is 1. The Morgan fingerprint density at radius 2 is 1.50 bits per heavy atom. The minimum atomic E-state index is 0.250. The molecule has 42 valence electrons. The van der Waals surface area contributed by atoms with Crippen LogP contribution in [0.5, 0.6) is 0 Å². The van der Waals surface area contributed by atoms with E-state index < -0.39 is 0 Å². The summed E-state index contributed by atoms with van der Waals surface area (Å²) in [6, 6.07) is 3.89. The Kier molecular flexibility index (Phi) is 4.71. The van der Waals surface area contributed by atoms with Crippen LogP contribution in [0.15, 0.2) is 24.5 Å². The molecule has 0 radical (unpaired) electrons. The maximum atomic E-state index is 8.12. The number of rotatable bonds is 0. The summed E-state index contributed by atoms with van der Waals surface area (Å²) in [6.07, 6.45) is 4.00. The fourth-order valence-electron chi connectivity index (χ4n) is 0.278. The van der Waals surface area contributed by atoms with E-state index >= 15 is 0 Å². The van der Waals surface area contributed by atoms with Gasteiger partial charge in [0.2, 0.25) is 0 Å². The van der Waals surface area contributed by atoms with E-state index in [1.807, 2.05) is 24.5 Å². The average Bonchev–Trinajstić information content (AvgIpc) is 2.17. The van der Waals surface area contributed by atoms with Gasteiger partial charge >= 0.3 is 6.15 Å². The van der Waals surface area contributed by atoms with Gasteiger partial charge in [-0.3, -0.25) is 0 Å². The van der Waals surface area contributed by atoms with Crippen LogP contribution in [0.25, 0.3) is 0 Å². The van der Waals surface area contributed by atoms with Gasteiger partial charge in [0.05, 0.1) is 0 Å². The summed E-state index contributed by atoms with van der Waals surface area (Å²) < 4.78 is 0. The lowest BCUT2D eigenvalue weighted by Gasteiger charge is -1.49. The highest BCUT2D eigenvalue weighted by Crippen LogP contribution is 1.72. The SMILES string of the molecule is O=C=O.c1cc[nH]c1. The van der Waals surface area contributed by atoms with Gasteiger partial charge in [-0.1, -0.05) is 0 Å². The fraction of sp³-hybridized carbons (Fsp3) is 0. The largest absolute Gasteiger partial charge is 0.373 e. The summed E-state index contributed by atoms with van der Waals surface area (Å²) in [6.45, 7) is 0. The highest BCUT2D eigenvalue weighted by Gasteiger charge is 1.55. The number of aromatic nitrogens is 1. The van der Waals surface area contributed by atoms with Gasteiger partial charge in [-0.25, -0.2) is 0 Å². The highest BCUT2D eigenvalue weighted by molar-refractivity contribution is 5.20. The topological polar surface area (TPSA) is 49.9 Å². The third-order valence-corrected chi connectivity index (χ3v) is 0.496. The lowest BCUT2D eigenvalue weighted by Crippen LogP contribution is -1.38. The molecule has 0 aliphatic heterocycles. The molecular formula is C5H5NO2. The normalized spacial score (nSPS) is 6.00. The first-order valence-corrected chi connectivity index (χ1v) is 1.99. The highest BCUT2D eigenvalue weighted by atomic mass is 16.2. The van der Waals surface area contributed by atoms with Gasteiger partial charge in [0, 0.05) is 12.4 Å². The van der Waals surface area contributed by atoms with Crippen molar-refractivity contribution in [1.29, 1.82) is 0 Å². The van der Waals surface area contributed by atoms with E-state index in [0.717, 1.165) is 0 Å². The molecule has 0 aromatic carbocycles. The van der Waals surface area contributed by atoms with Crippen LogP contribution in [-0.2, 0) is 9.59 Å². The van der Waals surface area contributed by atoms with Crippen LogP contribution in [-0.4, -0.2) is 11.1 Å². The van der Waals surface area contributed by atoms with Crippen LogP contribution in [0.2, 0.25) is 0 Å². The molecule has 1 aromatic heterocycles. The van der Waals surface area contributed by atoms with E-state index in [1.165, 1.54) is 0 Å². The molecule has 1 heterocycles. The van der Waals surface area contributed by atoms with Gasteiger partial charge in [-0.05, 0) is 12.1 Å². The fourth-order valence-corrected chi connectivity index (χ4v) is 0.278. The second-order valence-corrected chi connectivity index (χ2v) is 0.968. The number of hydrogen-bond donors (Lipinski definition) is 1. The first kappa shape index (κ1) is 6.66. The molecule has 0 unspecified atom stereocenters. The Morgan fingerprint density at radius 1 is 1.12 bits per heavy atom. The van der Waals surface area contributed by atoms with Crippen LogP contribution in [0, 0.1) is 0 Å². The van der Waals surface area contributed by atoms with Crippen molar-refractivity contribution in [1.82, 2.24) is 4.98 Å². The first-order chi connectivity index (χ1) is 3.91. The predicted molar refractivity (Wildman–Crippen MR) is 25.8 cm³/mol. The molecule has 0 aliphatic rings. The molecule has 1 N–H and O–H groups in total. The molecule has 0 saturated heterocycles. The lowest BCUT2D eigenvalue weighted by atomic mass is 10.7. The zero-order valence-corrected chi connectivity index (χ0v) is 4.13. The average molecular weight is 111 g/mol. The van der Waals surface area contributed by atoms with Crippen molar-refractivity contribution in [2.24, 2.45) is 0 Å². The second-order valence-electron chi connectivity index (χ2n) is 0.968. The number of H-pyrrole nitrogens is 1. The van der Waals surface area contributed by atoms with Crippen molar-refractivity contribution in [2.75, 3.05) is 0 Å². The molecule has 0 fully saturated rings. The van der Waals surface area contributed by atoms with Crippen molar-refractivity contribution in [3.05, 3.63) is 24.5 Å². The minimum Gasteiger partial charge on any atom is -0.368 e. The molecule has 3 heteroatoms. The number of carbonyl (C=O) groups excluding carboxylic acids is 2. The van der Waals surface area contributed by atoms with E-state index in [4.69, 9.17) is 9.59 Å². The molecule has 1 rings (SSSR count). The number of aromatic amines is 1. The maximum Gasteiger partial charge on any atom is 0.373 e. The summed E-state index contributed by atoms with van der Waals surface area (Å²) in [5, 5.41) is 0. The molecule has 1 aromatic rings. The van der Waals surface area contributed by atoms with Crippen LogP contribution >= 0.6 is 0 Å². The molecular weight excluding hydrogens is 106 g/mol. The van der Waals surface area contributed by atoms with Gasteiger partial charge < -0.3 is 4.98 Å². The molecule has 0 atom stereocenters. The monoisotopic (exact) mass is 111 g/mol. The second kappa shape index (κ2) is 5.66. The van der Waals surface area contributed by atoms with E-state index in [-0.39, 0.29) is 6.15 Å². The van der Waals surface area contributed by atoms with Gasteiger partial charge in [-0.2, -0.15) is 9.59 Å². The van der Waals surface area contributed by atoms with Gasteiger partial charge in [0.25, 0.3) is 0 Å². The Bertz CT molecular complexity index is 122. The van der Waals surface area contributed by atoms with Crippen LogP contribution in [0.4, 0.5) is 0 Å². The van der Waals surface area contributed by atoms with E-state index in [1.54, 1.807) is 0 Å². The Hall–Kier alpha value is -1.34. The number of hydrogen-bond acceptors (Lipinski definition) is 2. The minimum absolute atomic E-state index is 0.250. The Morgan fingerprint density at radius 3 is 1.62 bits per heavy atom. The summed E-state index contributed by atoms with van der Waals surface area (Å²) >= 11 is 0. The summed E-state index contributed by atoms with van der Waals surface area (Å²) in [5.74, 6) is 0. The molecule has 8 heavy (non-hydrogen) atoms. The van der Waals surface area contributed by atoms with E-state index in [9.17, 15) is 0 Å². The lowest BCUT2D eigenvalue weighted by molar-refractivity contribution is -0.191. The standard InChI is InChI=1S/C4H5N.CO2/c1-2-4-5-3-1;2-1-3/h1-5H;. The third kappa shape index (κ3) is 4.66. The van der Waals surface area contributed by atoms with Gasteiger partial charge in [-0.15, -0.1) is 0 Å². The van der Waals surface area contributed by atoms with Crippen molar-refractivity contribution < 1.29 is 9.59 Å². The first-order valence-electron chi connectivity index (χ1n) is 1.99. The summed E-state index contributed by atoms with van der Waals surface area (Å²) in [5.41, 5.74) is 0. The van der Waals surface area contributed by atoms with E-state index in [0.29, 0.717) is 0 Å². The molecule has 0 aliphatic carbocycles. The third-order valence-electron chi connectivity index (χ3n) is 0.496. The summed E-state index contributed by atoms with van der Waals surface area (Å²) in [4.78, 5) is 19.1. The zero-order chi connectivity index (χ0) is 6.24. The van der Waals surface area contributed by atoms with Crippen LogP contribution in [0.1, 0.15) is 0 Å². The van der Waals surface area contributed by atoms with Crippen molar-refractivity contribution in [3.63, 3.8) is 0 Å². The van der Waals surface area contributed by atoms with E-state index in [2.05, 4.69) is 4.98 Å². The summed E-state index contributed by atoms with van der Waals surface area (Å²) in [7, 11) is 0. The molecule has 0 saturated carbocycles. The zero-order valence-electron chi connectivity index (χ0n) is 4.13. The van der Waals surface area contributed by atoms with Crippen molar-refractivity contribution in [2.45, 2.75) is 0 Å². The Labute approximate surface area is 46.3 Å². The van der Waals surface area contributed by atoms with Gasteiger partial charge in [0.1, 0.15) is 0 Å².